The highest BCUT2D eigenvalue weighted by atomic mass is 127. The molecule has 5 rings (SSSR count). The van der Waals surface area contributed by atoms with Crippen molar-refractivity contribution in [2.75, 3.05) is 0 Å². The van der Waals surface area contributed by atoms with E-state index < -0.39 is 5.91 Å². The number of hydrogen-bond donors (Lipinski definition) is 1. The van der Waals surface area contributed by atoms with Gasteiger partial charge in [0.25, 0.3) is 0 Å². The van der Waals surface area contributed by atoms with Gasteiger partial charge < -0.3 is 18.5 Å². The van der Waals surface area contributed by atoms with Gasteiger partial charge in [-0.05, 0) is 121 Å². The number of amides is 1. The summed E-state index contributed by atoms with van der Waals surface area (Å²) in [6, 6.07) is 29.4. The van der Waals surface area contributed by atoms with Crippen LogP contribution < -0.4 is 14.9 Å². The third-order valence-corrected chi connectivity index (χ3v) is 7.29. The molecule has 2 aromatic heterocycles. The number of ether oxygens (including phenoxy) is 2. The third-order valence-electron chi connectivity index (χ3n) is 6.45. The Kier molecular flexibility index (Phi) is 8.88. The van der Waals surface area contributed by atoms with Crippen molar-refractivity contribution in [3.63, 3.8) is 0 Å². The summed E-state index contributed by atoms with van der Waals surface area (Å²) in [5.74, 6) is 1.76. The van der Waals surface area contributed by atoms with E-state index in [1.165, 1.54) is 17.0 Å². The molecule has 0 aliphatic carbocycles. The number of carbonyl (C=O) groups excluding carboxylic acids is 1. The molecule has 0 atom stereocenters. The first-order valence-electron chi connectivity index (χ1n) is 13.1. The van der Waals surface area contributed by atoms with E-state index in [0.29, 0.717) is 18.1 Å². The van der Waals surface area contributed by atoms with Crippen molar-refractivity contribution in [1.29, 1.82) is 0 Å². The Hall–Kier alpha value is -4.31. The minimum atomic E-state index is -0.442. The Morgan fingerprint density at radius 3 is 2.41 bits per heavy atom. The van der Waals surface area contributed by atoms with Crippen molar-refractivity contribution in [2.45, 2.75) is 34.0 Å². The third kappa shape index (κ3) is 7.26. The number of furan rings is 1. The van der Waals surface area contributed by atoms with E-state index in [0.717, 1.165) is 26.1 Å². The average molecular weight is 660 g/mol. The molecule has 1 N–H and O–H groups in total. The topological polar surface area (TPSA) is 78.0 Å². The van der Waals surface area contributed by atoms with Gasteiger partial charge in [0.15, 0.2) is 5.76 Å². The van der Waals surface area contributed by atoms with Crippen LogP contribution in [0.2, 0.25) is 0 Å². The Labute approximate surface area is 252 Å². The quantitative estimate of drug-likeness (QED) is 0.0956. The Balaban J connectivity index is 1.10. The van der Waals surface area contributed by atoms with Crippen LogP contribution in [-0.2, 0) is 13.2 Å². The van der Waals surface area contributed by atoms with Gasteiger partial charge in [0, 0.05) is 17.1 Å². The molecule has 0 fully saturated rings. The number of hydrazone groups is 1. The summed E-state index contributed by atoms with van der Waals surface area (Å²) in [7, 11) is 0. The molecule has 0 bridgehead atoms. The van der Waals surface area contributed by atoms with E-state index in [9.17, 15) is 4.79 Å². The fraction of sp³-hybridized carbons (Fsp3) is 0.152. The van der Waals surface area contributed by atoms with Gasteiger partial charge >= 0.3 is 5.91 Å². The summed E-state index contributed by atoms with van der Waals surface area (Å²) in [5, 5.41) is 4.07. The number of rotatable bonds is 10. The molecule has 0 saturated carbocycles. The Morgan fingerprint density at radius 1 is 0.902 bits per heavy atom. The number of aryl methyl sites for hydroxylation is 3. The van der Waals surface area contributed by atoms with Crippen LogP contribution in [0.5, 0.6) is 11.5 Å². The second kappa shape index (κ2) is 12.9. The molecule has 7 nitrogen and oxygen atoms in total. The molecule has 1 amide bonds. The average Bonchev–Trinajstić information content (AvgIpc) is 3.58. The molecule has 3 aromatic carbocycles. The van der Waals surface area contributed by atoms with E-state index in [4.69, 9.17) is 13.9 Å². The van der Waals surface area contributed by atoms with Crippen LogP contribution >= 0.6 is 22.6 Å². The van der Waals surface area contributed by atoms with Crippen LogP contribution in [0.15, 0.2) is 101 Å². The van der Waals surface area contributed by atoms with Gasteiger partial charge in [0.05, 0.1) is 9.78 Å². The molecular weight excluding hydrogens is 629 g/mol. The maximum absolute atomic E-state index is 12.5. The molecule has 2 heterocycles. The van der Waals surface area contributed by atoms with Crippen molar-refractivity contribution in [1.82, 2.24) is 9.99 Å². The monoisotopic (exact) mass is 659 g/mol. The first-order chi connectivity index (χ1) is 19.9. The van der Waals surface area contributed by atoms with Gasteiger partial charge in [-0.3, -0.25) is 4.79 Å². The van der Waals surface area contributed by atoms with E-state index in [2.05, 4.69) is 82.7 Å². The molecule has 0 saturated heterocycles. The maximum Gasteiger partial charge on any atom is 0.307 e. The molecule has 208 valence electrons. The van der Waals surface area contributed by atoms with Crippen LogP contribution in [-0.4, -0.2) is 16.7 Å². The van der Waals surface area contributed by atoms with Gasteiger partial charge in [0.1, 0.15) is 30.5 Å². The Bertz CT molecular complexity index is 1670. The highest BCUT2D eigenvalue weighted by Crippen LogP contribution is 2.23. The predicted octanol–water partition coefficient (Wildman–Crippen LogP) is 7.52. The zero-order valence-corrected chi connectivity index (χ0v) is 25.2. The largest absolute Gasteiger partial charge is 0.488 e. The molecule has 0 aliphatic rings. The normalized spacial score (nSPS) is 11.1. The minimum Gasteiger partial charge on any atom is -0.488 e. The number of hydrogen-bond acceptors (Lipinski definition) is 5. The second-order valence-corrected chi connectivity index (χ2v) is 10.8. The van der Waals surface area contributed by atoms with Gasteiger partial charge in [0.2, 0.25) is 0 Å². The molecule has 5 aromatic rings. The van der Waals surface area contributed by atoms with Gasteiger partial charge in [-0.1, -0.05) is 29.8 Å². The van der Waals surface area contributed by atoms with E-state index in [1.54, 1.807) is 18.3 Å². The van der Waals surface area contributed by atoms with Crippen LogP contribution in [0.4, 0.5) is 0 Å². The fourth-order valence-electron chi connectivity index (χ4n) is 4.40. The first kappa shape index (κ1) is 28.2. The molecule has 41 heavy (non-hydrogen) atoms. The summed E-state index contributed by atoms with van der Waals surface area (Å²) < 4.78 is 20.6. The van der Waals surface area contributed by atoms with E-state index in [-0.39, 0.29) is 12.4 Å². The van der Waals surface area contributed by atoms with Gasteiger partial charge in [-0.25, -0.2) is 5.43 Å². The maximum atomic E-state index is 12.5. The lowest BCUT2D eigenvalue weighted by atomic mass is 10.1. The van der Waals surface area contributed by atoms with Crippen LogP contribution in [0.1, 0.15) is 44.4 Å². The van der Waals surface area contributed by atoms with E-state index in [1.807, 2.05) is 54.6 Å². The lowest BCUT2D eigenvalue weighted by Gasteiger charge is -2.10. The molecular formula is C33H30IN3O4. The number of nitrogens with zero attached hydrogens (tertiary/aromatic N) is 2. The zero-order valence-electron chi connectivity index (χ0n) is 23.1. The number of benzene rings is 3. The van der Waals surface area contributed by atoms with Crippen molar-refractivity contribution < 1.29 is 18.7 Å². The van der Waals surface area contributed by atoms with Crippen LogP contribution in [0.25, 0.3) is 5.69 Å². The molecule has 0 unspecified atom stereocenters. The zero-order chi connectivity index (χ0) is 28.8. The predicted molar refractivity (Wildman–Crippen MR) is 168 cm³/mol. The highest BCUT2D eigenvalue weighted by Gasteiger charge is 2.11. The first-order valence-corrected chi connectivity index (χ1v) is 14.2. The lowest BCUT2D eigenvalue weighted by Crippen LogP contribution is -2.16. The minimum absolute atomic E-state index is 0.157. The second-order valence-electron chi connectivity index (χ2n) is 9.67. The Morgan fingerprint density at radius 2 is 1.68 bits per heavy atom. The molecule has 0 aliphatic heterocycles. The van der Waals surface area contributed by atoms with Gasteiger partial charge in [-0.15, -0.1) is 0 Å². The molecule has 0 radical (unpaired) electrons. The number of aromatic nitrogens is 1. The van der Waals surface area contributed by atoms with Crippen molar-refractivity contribution in [3.8, 4) is 17.2 Å². The van der Waals surface area contributed by atoms with Gasteiger partial charge in [-0.2, -0.15) is 5.10 Å². The van der Waals surface area contributed by atoms with Crippen molar-refractivity contribution in [2.24, 2.45) is 5.10 Å². The van der Waals surface area contributed by atoms with Crippen LogP contribution in [0, 0.1) is 24.3 Å². The number of carbonyl (C=O) groups is 1. The van der Waals surface area contributed by atoms with Crippen molar-refractivity contribution in [3.05, 3.63) is 134 Å². The summed E-state index contributed by atoms with van der Waals surface area (Å²) in [4.78, 5) is 12.5. The summed E-state index contributed by atoms with van der Waals surface area (Å²) in [5.41, 5.74) is 9.09. The summed E-state index contributed by atoms with van der Waals surface area (Å²) >= 11 is 2.23. The van der Waals surface area contributed by atoms with Crippen molar-refractivity contribution >= 4 is 34.7 Å². The van der Waals surface area contributed by atoms with Crippen LogP contribution in [0.3, 0.4) is 0 Å². The standard InChI is InChI=1S/C33H30IN3O4/c1-22-5-4-6-26(17-22)20-40-31-15-9-25(18-30(31)34)19-35-36-33(38)32-16-14-29(41-32)21-39-28-12-10-27(11-13-28)37-23(2)7-8-24(37)3/h4-19H,20-21H2,1-3H3,(H,36,38)/b35-19+. The summed E-state index contributed by atoms with van der Waals surface area (Å²) in [6.07, 6.45) is 1.58. The SMILES string of the molecule is Cc1cccc(COc2ccc(/C=N/NC(=O)c3ccc(COc4ccc(-n5c(C)ccc5C)cc4)o3)cc2I)c1. The smallest absolute Gasteiger partial charge is 0.307 e. The molecule has 0 spiro atoms. The summed E-state index contributed by atoms with van der Waals surface area (Å²) in [6.45, 7) is 6.92. The fourth-order valence-corrected chi connectivity index (χ4v) is 5.09. The molecule has 8 heteroatoms. The highest BCUT2D eigenvalue weighted by molar-refractivity contribution is 14.1. The lowest BCUT2D eigenvalue weighted by molar-refractivity contribution is 0.0923. The van der Waals surface area contributed by atoms with E-state index >= 15 is 0 Å². The number of nitrogens with one attached hydrogen (secondary N) is 1. The number of halogens is 1.